The van der Waals surface area contributed by atoms with Crippen molar-refractivity contribution in [1.82, 2.24) is 9.97 Å². The Balaban J connectivity index is 1.62. The lowest BCUT2D eigenvalue weighted by molar-refractivity contribution is 0.102. The maximum absolute atomic E-state index is 12.7. The first-order chi connectivity index (χ1) is 13.4. The number of amides is 1. The van der Waals surface area contributed by atoms with Gasteiger partial charge in [-0.1, -0.05) is 35.3 Å². The summed E-state index contributed by atoms with van der Waals surface area (Å²) in [5, 5.41) is 6.52. The second-order valence-corrected chi connectivity index (χ2v) is 7.83. The van der Waals surface area contributed by atoms with Crippen LogP contribution in [0.15, 0.2) is 52.8 Å². The van der Waals surface area contributed by atoms with Crippen LogP contribution in [0.5, 0.6) is 0 Å². The smallest absolute Gasteiger partial charge is 0.262 e. The molecule has 0 bridgehead atoms. The molecule has 8 heteroatoms. The average molecular weight is 430 g/mol. The number of H-pyrrole nitrogens is 1. The molecule has 0 radical (unpaired) electrons. The highest BCUT2D eigenvalue weighted by Crippen LogP contribution is 2.26. The maximum Gasteiger partial charge on any atom is 0.262 e. The molecular weight excluding hydrogens is 417 g/mol. The molecule has 0 aliphatic heterocycles. The van der Waals surface area contributed by atoms with Crippen molar-refractivity contribution in [2.24, 2.45) is 0 Å². The van der Waals surface area contributed by atoms with Gasteiger partial charge in [-0.3, -0.25) is 14.9 Å². The number of aromatic amines is 1. The van der Waals surface area contributed by atoms with E-state index >= 15 is 0 Å². The summed E-state index contributed by atoms with van der Waals surface area (Å²) in [7, 11) is 0. The van der Waals surface area contributed by atoms with Gasteiger partial charge in [0.2, 0.25) is 5.43 Å². The van der Waals surface area contributed by atoms with Crippen LogP contribution in [0.4, 0.5) is 5.13 Å². The van der Waals surface area contributed by atoms with Crippen LogP contribution in [0.25, 0.3) is 22.2 Å². The first kappa shape index (κ1) is 18.7. The number of rotatable bonds is 3. The number of thiazole rings is 1. The SMILES string of the molecule is Cc1c(Cl)ccc2c(=O)c(C(=O)Nc3nc(-c4ccc(Cl)cc4)cs3)c[nH]c12. The Hall–Kier alpha value is -2.67. The Morgan fingerprint density at radius 3 is 2.64 bits per heavy atom. The van der Waals surface area contributed by atoms with Crippen molar-refractivity contribution in [3.05, 3.63) is 79.4 Å². The van der Waals surface area contributed by atoms with Crippen molar-refractivity contribution in [3.8, 4) is 11.3 Å². The third kappa shape index (κ3) is 3.42. The van der Waals surface area contributed by atoms with Gasteiger partial charge in [-0.2, -0.15) is 0 Å². The summed E-state index contributed by atoms with van der Waals surface area (Å²) < 4.78 is 0. The number of nitrogens with zero attached hydrogens (tertiary/aromatic N) is 1. The summed E-state index contributed by atoms with van der Waals surface area (Å²) in [5.41, 5.74) is 2.63. The van der Waals surface area contributed by atoms with Crippen LogP contribution in [0.3, 0.4) is 0 Å². The average Bonchev–Trinajstić information content (AvgIpc) is 3.14. The van der Waals surface area contributed by atoms with Gasteiger partial charge in [-0.25, -0.2) is 4.98 Å². The summed E-state index contributed by atoms with van der Waals surface area (Å²) in [6, 6.07) is 10.5. The lowest BCUT2D eigenvalue weighted by Gasteiger charge is -2.06. The minimum absolute atomic E-state index is 0.0115. The molecule has 0 spiro atoms. The van der Waals surface area contributed by atoms with Crippen LogP contribution in [-0.2, 0) is 0 Å². The van der Waals surface area contributed by atoms with Crippen LogP contribution < -0.4 is 10.7 Å². The maximum atomic E-state index is 12.7. The lowest BCUT2D eigenvalue weighted by atomic mass is 10.1. The van der Waals surface area contributed by atoms with Crippen molar-refractivity contribution in [2.45, 2.75) is 6.92 Å². The molecule has 2 aromatic heterocycles. The number of anilines is 1. The van der Waals surface area contributed by atoms with Gasteiger partial charge < -0.3 is 4.98 Å². The Morgan fingerprint density at radius 2 is 1.89 bits per heavy atom. The molecule has 28 heavy (non-hydrogen) atoms. The standard InChI is InChI=1S/C20H13Cl2N3O2S/c1-10-15(22)7-6-13-17(10)23-8-14(18(13)26)19(27)25-20-24-16(9-28-20)11-2-4-12(21)5-3-11/h2-9H,1H3,(H,23,26)(H,24,25,27). The van der Waals surface area contributed by atoms with Gasteiger partial charge in [0, 0.05) is 32.6 Å². The van der Waals surface area contributed by atoms with E-state index in [0.717, 1.165) is 16.8 Å². The monoisotopic (exact) mass is 429 g/mol. The van der Waals surface area contributed by atoms with Gasteiger partial charge in [-0.15, -0.1) is 11.3 Å². The Labute approximate surface area is 174 Å². The number of hydrogen-bond acceptors (Lipinski definition) is 4. The molecule has 0 aliphatic carbocycles. The first-order valence-electron chi connectivity index (χ1n) is 8.27. The fraction of sp³-hybridized carbons (Fsp3) is 0.0500. The molecular formula is C20H13Cl2N3O2S. The molecule has 4 rings (SSSR count). The predicted octanol–water partition coefficient (Wildman–Crippen LogP) is 5.52. The van der Waals surface area contributed by atoms with Crippen molar-refractivity contribution in [3.63, 3.8) is 0 Å². The molecule has 0 saturated carbocycles. The number of pyridine rings is 1. The Kier molecular flexibility index (Phi) is 4.93. The van der Waals surface area contributed by atoms with Gasteiger partial charge in [0.15, 0.2) is 5.13 Å². The molecule has 4 aromatic rings. The Morgan fingerprint density at radius 1 is 1.14 bits per heavy atom. The van der Waals surface area contributed by atoms with E-state index in [9.17, 15) is 9.59 Å². The number of aromatic nitrogens is 2. The predicted molar refractivity (Wildman–Crippen MR) is 115 cm³/mol. The fourth-order valence-corrected chi connectivity index (χ4v) is 3.83. The van der Waals surface area contributed by atoms with Gasteiger partial charge >= 0.3 is 0 Å². The number of fused-ring (bicyclic) bond motifs is 1. The molecule has 0 fully saturated rings. The molecule has 5 nitrogen and oxygen atoms in total. The van der Waals surface area contributed by atoms with Crippen LogP contribution in [0.2, 0.25) is 10.0 Å². The summed E-state index contributed by atoms with van der Waals surface area (Å²) in [4.78, 5) is 32.7. The molecule has 0 saturated heterocycles. The highest BCUT2D eigenvalue weighted by molar-refractivity contribution is 7.14. The third-order valence-corrected chi connectivity index (χ3v) is 5.78. The van der Waals surface area contributed by atoms with Gasteiger partial charge in [0.05, 0.1) is 11.2 Å². The topological polar surface area (TPSA) is 74.8 Å². The van der Waals surface area contributed by atoms with Crippen molar-refractivity contribution in [1.29, 1.82) is 0 Å². The summed E-state index contributed by atoms with van der Waals surface area (Å²) in [6.07, 6.45) is 1.40. The lowest BCUT2D eigenvalue weighted by Crippen LogP contribution is -2.22. The fourth-order valence-electron chi connectivity index (χ4n) is 2.83. The highest BCUT2D eigenvalue weighted by Gasteiger charge is 2.16. The number of benzene rings is 2. The molecule has 2 heterocycles. The van der Waals surface area contributed by atoms with Crippen LogP contribution in [0.1, 0.15) is 15.9 Å². The largest absolute Gasteiger partial charge is 0.360 e. The van der Waals surface area contributed by atoms with E-state index in [2.05, 4.69) is 15.3 Å². The normalized spacial score (nSPS) is 11.0. The molecule has 140 valence electrons. The molecule has 2 N–H and O–H groups in total. The van der Waals surface area contributed by atoms with Crippen LogP contribution in [-0.4, -0.2) is 15.9 Å². The summed E-state index contributed by atoms with van der Waals surface area (Å²) in [5.74, 6) is -0.521. The molecule has 2 aromatic carbocycles. The zero-order chi connectivity index (χ0) is 19.8. The number of aryl methyl sites for hydroxylation is 1. The number of carbonyl (C=O) groups excluding carboxylic acids is 1. The van der Waals surface area contributed by atoms with Crippen molar-refractivity contribution < 1.29 is 4.79 Å². The van der Waals surface area contributed by atoms with Gasteiger partial charge in [-0.05, 0) is 36.8 Å². The second-order valence-electron chi connectivity index (χ2n) is 6.13. The molecule has 0 atom stereocenters. The molecule has 0 aliphatic rings. The highest BCUT2D eigenvalue weighted by atomic mass is 35.5. The third-order valence-electron chi connectivity index (χ3n) is 4.36. The Bertz CT molecular complexity index is 1260. The summed E-state index contributed by atoms with van der Waals surface area (Å²) in [6.45, 7) is 1.81. The number of carbonyl (C=O) groups is 1. The molecule has 1 amide bonds. The van der Waals surface area contributed by atoms with Crippen LogP contribution >= 0.6 is 34.5 Å². The minimum Gasteiger partial charge on any atom is -0.360 e. The second kappa shape index (κ2) is 7.39. The van der Waals surface area contributed by atoms with Gasteiger partial charge in [0.1, 0.15) is 5.56 Å². The van der Waals surface area contributed by atoms with Crippen molar-refractivity contribution in [2.75, 3.05) is 5.32 Å². The zero-order valence-corrected chi connectivity index (χ0v) is 16.9. The quantitative estimate of drug-likeness (QED) is 0.450. The van der Waals surface area contributed by atoms with E-state index in [0.29, 0.717) is 26.1 Å². The van der Waals surface area contributed by atoms with Crippen molar-refractivity contribution >= 4 is 56.5 Å². The zero-order valence-electron chi connectivity index (χ0n) is 14.5. The van der Waals surface area contributed by atoms with Gasteiger partial charge in [0.25, 0.3) is 5.91 Å². The minimum atomic E-state index is -0.521. The number of halogens is 2. The van der Waals surface area contributed by atoms with E-state index in [1.807, 2.05) is 24.4 Å². The van der Waals surface area contributed by atoms with E-state index in [1.54, 1.807) is 24.3 Å². The van der Waals surface area contributed by atoms with Crippen LogP contribution in [0, 0.1) is 6.92 Å². The first-order valence-corrected chi connectivity index (χ1v) is 9.91. The number of hydrogen-bond donors (Lipinski definition) is 2. The van der Waals surface area contributed by atoms with E-state index in [1.165, 1.54) is 17.5 Å². The van der Waals surface area contributed by atoms with E-state index in [-0.39, 0.29) is 11.0 Å². The van der Waals surface area contributed by atoms with E-state index in [4.69, 9.17) is 23.2 Å². The number of nitrogens with one attached hydrogen (secondary N) is 2. The van der Waals surface area contributed by atoms with E-state index < -0.39 is 5.91 Å². The summed E-state index contributed by atoms with van der Waals surface area (Å²) >= 11 is 13.3. The molecule has 0 unspecified atom stereocenters.